The normalized spacial score (nSPS) is 17.9. The number of allylic oxidation sites excluding steroid dienone is 1. The molecule has 9 heteroatoms. The van der Waals surface area contributed by atoms with Crippen LogP contribution in [0.5, 0.6) is 0 Å². The van der Waals surface area contributed by atoms with Crippen molar-refractivity contribution in [3.05, 3.63) is 74.7 Å². The molecule has 7 nitrogen and oxygen atoms in total. The molecule has 0 spiro atoms. The van der Waals surface area contributed by atoms with E-state index < -0.39 is 23.7 Å². The van der Waals surface area contributed by atoms with Gasteiger partial charge in [-0.3, -0.25) is 14.4 Å². The van der Waals surface area contributed by atoms with Crippen LogP contribution in [-0.2, 0) is 19.1 Å². The van der Waals surface area contributed by atoms with Crippen molar-refractivity contribution in [2.24, 2.45) is 5.92 Å². The number of methoxy groups -OCH3 is 1. The number of benzene rings is 2. The van der Waals surface area contributed by atoms with Crippen molar-refractivity contribution in [2.45, 2.75) is 12.8 Å². The Labute approximate surface area is 198 Å². The van der Waals surface area contributed by atoms with E-state index in [9.17, 15) is 19.6 Å². The lowest BCUT2D eigenvalue weighted by Gasteiger charge is -2.31. The van der Waals surface area contributed by atoms with Crippen molar-refractivity contribution in [3.8, 4) is 6.07 Å². The molecule has 0 saturated heterocycles. The van der Waals surface area contributed by atoms with Gasteiger partial charge in [0.15, 0.2) is 0 Å². The largest absolute Gasteiger partial charge is 0.468 e. The number of ether oxygens (including phenoxy) is 1. The summed E-state index contributed by atoms with van der Waals surface area (Å²) in [6.45, 7) is 1.92. The highest BCUT2D eigenvalue weighted by Gasteiger charge is 2.44. The van der Waals surface area contributed by atoms with Crippen molar-refractivity contribution >= 4 is 51.2 Å². The van der Waals surface area contributed by atoms with E-state index in [1.54, 1.807) is 30.3 Å². The summed E-state index contributed by atoms with van der Waals surface area (Å²) < 4.78 is 5.57. The molecular formula is C23H20BrN3O4S. The lowest BCUT2D eigenvalue weighted by atomic mass is 9.78. The Morgan fingerprint density at radius 2 is 2.00 bits per heavy atom. The standard InChI is InChI=1S/C23H20BrN3O4S/c1-13-5-3-8-16(9-13)26-18(28)12-32-22-17(11-25)19(14-6-4-7-15(24)10-14)20(21(29)27-22)23(30)31-2/h3-10,19-20H,12H2,1-2H3,(H,26,28)(H,27,29)/t19-,20+/m0/s1. The van der Waals surface area contributed by atoms with Gasteiger partial charge in [-0.2, -0.15) is 5.26 Å². The molecule has 1 aliphatic rings. The molecule has 2 aromatic carbocycles. The van der Waals surface area contributed by atoms with E-state index in [0.29, 0.717) is 11.3 Å². The van der Waals surface area contributed by atoms with Gasteiger partial charge >= 0.3 is 5.97 Å². The molecule has 2 N–H and O–H groups in total. The minimum absolute atomic E-state index is 0.0250. The Balaban J connectivity index is 1.89. The van der Waals surface area contributed by atoms with Crippen LogP contribution in [0.1, 0.15) is 17.0 Å². The van der Waals surface area contributed by atoms with Gasteiger partial charge in [0.1, 0.15) is 5.92 Å². The number of hydrogen-bond acceptors (Lipinski definition) is 6. The number of anilines is 1. The Bertz CT molecular complexity index is 1140. The SMILES string of the molecule is COC(=O)[C@H]1C(=O)NC(SCC(=O)Nc2cccc(C)c2)=C(C#N)[C@@H]1c1cccc(Br)c1. The van der Waals surface area contributed by atoms with Crippen molar-refractivity contribution in [3.63, 3.8) is 0 Å². The van der Waals surface area contributed by atoms with Gasteiger partial charge in [0.2, 0.25) is 11.8 Å². The van der Waals surface area contributed by atoms with Gasteiger partial charge in [0, 0.05) is 16.1 Å². The first-order valence-corrected chi connectivity index (χ1v) is 11.4. The van der Waals surface area contributed by atoms with Crippen LogP contribution >= 0.6 is 27.7 Å². The number of nitrogens with zero attached hydrogens (tertiary/aromatic N) is 1. The molecule has 2 atom stereocenters. The van der Waals surface area contributed by atoms with Gasteiger partial charge in [-0.1, -0.05) is 52.0 Å². The fourth-order valence-corrected chi connectivity index (χ4v) is 4.70. The van der Waals surface area contributed by atoms with Crippen LogP contribution in [0.25, 0.3) is 0 Å². The Hall–Kier alpha value is -3.09. The first-order chi connectivity index (χ1) is 15.3. The maximum Gasteiger partial charge on any atom is 0.319 e. The molecule has 164 valence electrons. The van der Waals surface area contributed by atoms with E-state index >= 15 is 0 Å². The van der Waals surface area contributed by atoms with Crippen molar-refractivity contribution in [1.82, 2.24) is 5.32 Å². The van der Waals surface area contributed by atoms with E-state index in [0.717, 1.165) is 21.8 Å². The zero-order valence-electron chi connectivity index (χ0n) is 17.3. The maximum absolute atomic E-state index is 12.8. The average molecular weight is 514 g/mol. The smallest absolute Gasteiger partial charge is 0.319 e. The summed E-state index contributed by atoms with van der Waals surface area (Å²) in [4.78, 5) is 37.7. The average Bonchev–Trinajstić information content (AvgIpc) is 2.76. The van der Waals surface area contributed by atoms with Crippen LogP contribution in [0, 0.1) is 24.2 Å². The quantitative estimate of drug-likeness (QED) is 0.448. The molecular weight excluding hydrogens is 494 g/mol. The van der Waals surface area contributed by atoms with Gasteiger partial charge in [0.25, 0.3) is 0 Å². The molecule has 0 bridgehead atoms. The molecule has 2 amide bonds. The fraction of sp³-hybridized carbons (Fsp3) is 0.217. The third-order valence-corrected chi connectivity index (χ3v) is 6.35. The first-order valence-electron chi connectivity index (χ1n) is 9.61. The highest BCUT2D eigenvalue weighted by atomic mass is 79.9. The van der Waals surface area contributed by atoms with Crippen LogP contribution in [0.4, 0.5) is 5.69 Å². The maximum atomic E-state index is 12.8. The van der Waals surface area contributed by atoms with E-state index in [1.807, 2.05) is 25.1 Å². The number of carbonyl (C=O) groups is 3. The molecule has 0 fully saturated rings. The lowest BCUT2D eigenvalue weighted by Crippen LogP contribution is -2.44. The number of nitriles is 1. The Kier molecular flexibility index (Phi) is 7.72. The number of amides is 2. The van der Waals surface area contributed by atoms with Crippen molar-refractivity contribution < 1.29 is 19.1 Å². The van der Waals surface area contributed by atoms with Crippen molar-refractivity contribution in [2.75, 3.05) is 18.2 Å². The number of aryl methyl sites for hydroxylation is 1. The molecule has 3 rings (SSSR count). The topological polar surface area (TPSA) is 108 Å². The minimum atomic E-state index is -1.21. The van der Waals surface area contributed by atoms with Gasteiger partial charge in [-0.25, -0.2) is 0 Å². The predicted molar refractivity (Wildman–Crippen MR) is 125 cm³/mol. The number of nitrogens with one attached hydrogen (secondary N) is 2. The summed E-state index contributed by atoms with van der Waals surface area (Å²) in [5.74, 6) is -3.67. The highest BCUT2D eigenvalue weighted by Crippen LogP contribution is 2.40. The number of thioether (sulfide) groups is 1. The van der Waals surface area contributed by atoms with Crippen LogP contribution in [-0.4, -0.2) is 30.6 Å². The van der Waals surface area contributed by atoms with Gasteiger partial charge < -0.3 is 15.4 Å². The van der Waals surface area contributed by atoms with Crippen LogP contribution in [0.15, 0.2) is 63.6 Å². The second-order valence-corrected chi connectivity index (χ2v) is 8.98. The Morgan fingerprint density at radius 3 is 2.66 bits per heavy atom. The van der Waals surface area contributed by atoms with E-state index in [2.05, 4.69) is 32.6 Å². The molecule has 32 heavy (non-hydrogen) atoms. The van der Waals surface area contributed by atoms with Crippen LogP contribution in [0.3, 0.4) is 0 Å². The summed E-state index contributed by atoms with van der Waals surface area (Å²) >= 11 is 4.43. The minimum Gasteiger partial charge on any atom is -0.468 e. The zero-order chi connectivity index (χ0) is 23.3. The molecule has 1 heterocycles. The van der Waals surface area contributed by atoms with E-state index in [4.69, 9.17) is 4.74 Å². The third kappa shape index (κ3) is 5.39. The van der Waals surface area contributed by atoms with Gasteiger partial charge in [-0.05, 0) is 42.3 Å². The highest BCUT2D eigenvalue weighted by molar-refractivity contribution is 9.10. The second kappa shape index (κ2) is 10.5. The van der Waals surface area contributed by atoms with Gasteiger partial charge in [-0.15, -0.1) is 0 Å². The third-order valence-electron chi connectivity index (χ3n) is 4.84. The fourth-order valence-electron chi connectivity index (χ4n) is 3.44. The summed E-state index contributed by atoms with van der Waals surface area (Å²) in [5, 5.41) is 15.6. The number of halogens is 1. The Morgan fingerprint density at radius 1 is 1.25 bits per heavy atom. The molecule has 0 unspecified atom stereocenters. The second-order valence-electron chi connectivity index (χ2n) is 7.08. The molecule has 2 aromatic rings. The lowest BCUT2D eigenvalue weighted by molar-refractivity contribution is -0.150. The summed E-state index contributed by atoms with van der Waals surface area (Å²) in [7, 11) is 1.20. The number of carbonyl (C=O) groups excluding carboxylic acids is 3. The number of hydrogen-bond donors (Lipinski definition) is 2. The molecule has 0 radical (unpaired) electrons. The van der Waals surface area contributed by atoms with E-state index in [-0.39, 0.29) is 22.3 Å². The summed E-state index contributed by atoms with van der Waals surface area (Å²) in [5.41, 5.74) is 2.49. The number of rotatable bonds is 6. The predicted octanol–water partition coefficient (Wildman–Crippen LogP) is 3.87. The van der Waals surface area contributed by atoms with Crippen LogP contribution in [0.2, 0.25) is 0 Å². The van der Waals surface area contributed by atoms with Crippen molar-refractivity contribution in [1.29, 1.82) is 5.26 Å². The molecule has 0 aromatic heterocycles. The summed E-state index contributed by atoms with van der Waals surface area (Å²) in [6.07, 6.45) is 0. The monoisotopic (exact) mass is 513 g/mol. The van der Waals surface area contributed by atoms with E-state index in [1.165, 1.54) is 7.11 Å². The van der Waals surface area contributed by atoms with Gasteiger partial charge in [0.05, 0.1) is 29.5 Å². The zero-order valence-corrected chi connectivity index (χ0v) is 19.7. The molecule has 0 saturated carbocycles. The number of esters is 1. The summed E-state index contributed by atoms with van der Waals surface area (Å²) in [6, 6.07) is 16.6. The van der Waals surface area contributed by atoms with Crippen LogP contribution < -0.4 is 10.6 Å². The molecule has 0 aliphatic carbocycles. The first kappa shape index (κ1) is 23.6. The molecule has 1 aliphatic heterocycles.